The second kappa shape index (κ2) is 6.64. The lowest BCUT2D eigenvalue weighted by molar-refractivity contribution is 0.414. The molecule has 0 bridgehead atoms. The predicted octanol–water partition coefficient (Wildman–Crippen LogP) is 5.69. The highest BCUT2D eigenvalue weighted by Gasteiger charge is 2.29. The lowest BCUT2D eigenvalue weighted by Gasteiger charge is -2.40. The number of allylic oxidation sites excluding steroid dienone is 1. The van der Waals surface area contributed by atoms with Gasteiger partial charge in [0.05, 0.1) is 18.3 Å². The second-order valence-corrected chi connectivity index (χ2v) is 7.68. The molecule has 0 saturated heterocycles. The molecular formula is C23H28N2O. The minimum absolute atomic E-state index is 0.0167. The van der Waals surface area contributed by atoms with Crippen LogP contribution < -0.4 is 9.64 Å². The van der Waals surface area contributed by atoms with Crippen LogP contribution in [-0.2, 0) is 0 Å². The van der Waals surface area contributed by atoms with E-state index >= 15 is 0 Å². The molecule has 0 fully saturated rings. The standard InChI is InChI=1S/C23H28N2O/c1-15-8-9-19(10-16(15)2)24-14-18-11-20-17(3)13-23(4,5)25(6)21(20)12-22(18)26-7/h8-14H,1-7H3. The van der Waals surface area contributed by atoms with Crippen LogP contribution in [0.5, 0.6) is 5.75 Å². The Hall–Kier alpha value is -2.55. The predicted molar refractivity (Wildman–Crippen MR) is 112 cm³/mol. The molecule has 0 N–H and O–H groups in total. The minimum atomic E-state index is -0.0167. The van der Waals surface area contributed by atoms with Crippen molar-refractivity contribution in [3.8, 4) is 5.75 Å². The van der Waals surface area contributed by atoms with Crippen molar-refractivity contribution in [3.05, 3.63) is 58.7 Å². The molecule has 0 unspecified atom stereocenters. The zero-order valence-corrected chi connectivity index (χ0v) is 16.8. The molecule has 0 atom stereocenters. The topological polar surface area (TPSA) is 24.8 Å². The molecule has 0 saturated carbocycles. The Morgan fingerprint density at radius 3 is 2.42 bits per heavy atom. The number of benzene rings is 2. The summed E-state index contributed by atoms with van der Waals surface area (Å²) in [5.74, 6) is 0.841. The fourth-order valence-electron chi connectivity index (χ4n) is 3.42. The van der Waals surface area contributed by atoms with E-state index in [1.807, 2.05) is 12.3 Å². The second-order valence-electron chi connectivity index (χ2n) is 7.68. The summed E-state index contributed by atoms with van der Waals surface area (Å²) in [6.07, 6.45) is 4.21. The number of anilines is 1. The van der Waals surface area contributed by atoms with Gasteiger partial charge in [-0.05, 0) is 69.5 Å². The molecule has 1 aliphatic rings. The molecule has 2 aromatic rings. The Bertz CT molecular complexity index is 907. The first-order valence-electron chi connectivity index (χ1n) is 9.00. The molecule has 0 aromatic heterocycles. The number of aliphatic imine (C=N–C) groups is 1. The van der Waals surface area contributed by atoms with Gasteiger partial charge in [0.15, 0.2) is 0 Å². The maximum Gasteiger partial charge on any atom is 0.129 e. The smallest absolute Gasteiger partial charge is 0.129 e. The number of likely N-dealkylation sites (N-methyl/N-ethyl adjacent to an activating group) is 1. The van der Waals surface area contributed by atoms with Crippen LogP contribution in [0.3, 0.4) is 0 Å². The molecule has 2 aromatic carbocycles. The summed E-state index contributed by atoms with van der Waals surface area (Å²) in [5, 5.41) is 0. The van der Waals surface area contributed by atoms with E-state index in [1.54, 1.807) is 7.11 Å². The number of methoxy groups -OCH3 is 1. The van der Waals surface area contributed by atoms with Crippen molar-refractivity contribution >= 4 is 23.2 Å². The van der Waals surface area contributed by atoms with E-state index in [0.717, 1.165) is 17.0 Å². The van der Waals surface area contributed by atoms with Crippen molar-refractivity contribution < 1.29 is 4.74 Å². The Kier molecular flexibility index (Phi) is 4.66. The molecule has 0 aliphatic carbocycles. The van der Waals surface area contributed by atoms with Crippen molar-refractivity contribution in [1.29, 1.82) is 0 Å². The van der Waals surface area contributed by atoms with Gasteiger partial charge in [-0.1, -0.05) is 12.1 Å². The van der Waals surface area contributed by atoms with Crippen molar-refractivity contribution in [3.63, 3.8) is 0 Å². The molecule has 3 rings (SSSR count). The molecular weight excluding hydrogens is 320 g/mol. The maximum absolute atomic E-state index is 5.66. The molecule has 0 amide bonds. The van der Waals surface area contributed by atoms with Crippen molar-refractivity contribution in [2.24, 2.45) is 4.99 Å². The summed E-state index contributed by atoms with van der Waals surface area (Å²) in [5.41, 5.74) is 8.16. The number of nitrogens with zero attached hydrogens (tertiary/aromatic N) is 2. The Morgan fingerprint density at radius 2 is 1.77 bits per heavy atom. The first-order valence-corrected chi connectivity index (χ1v) is 9.00. The highest BCUT2D eigenvalue weighted by atomic mass is 16.5. The molecule has 1 heterocycles. The molecule has 0 spiro atoms. The first kappa shape index (κ1) is 18.2. The van der Waals surface area contributed by atoms with Gasteiger partial charge in [0.1, 0.15) is 5.75 Å². The molecule has 0 radical (unpaired) electrons. The molecule has 26 heavy (non-hydrogen) atoms. The minimum Gasteiger partial charge on any atom is -0.496 e. The number of aryl methyl sites for hydroxylation is 2. The molecule has 3 nitrogen and oxygen atoms in total. The zero-order valence-electron chi connectivity index (χ0n) is 16.8. The van der Waals surface area contributed by atoms with Crippen LogP contribution in [0.2, 0.25) is 0 Å². The summed E-state index contributed by atoms with van der Waals surface area (Å²) < 4.78 is 5.66. The normalized spacial score (nSPS) is 15.8. The van der Waals surface area contributed by atoms with Gasteiger partial charge < -0.3 is 9.64 Å². The van der Waals surface area contributed by atoms with Gasteiger partial charge in [0.2, 0.25) is 0 Å². The highest BCUT2D eigenvalue weighted by Crippen LogP contribution is 2.41. The van der Waals surface area contributed by atoms with Crippen molar-refractivity contribution in [2.45, 2.75) is 40.2 Å². The van der Waals surface area contributed by atoms with Gasteiger partial charge in [0, 0.05) is 36.1 Å². The summed E-state index contributed by atoms with van der Waals surface area (Å²) in [6, 6.07) is 10.6. The van der Waals surface area contributed by atoms with Crippen LogP contribution in [-0.4, -0.2) is 25.9 Å². The van der Waals surface area contributed by atoms with Crippen LogP contribution in [0, 0.1) is 13.8 Å². The fraction of sp³-hybridized carbons (Fsp3) is 0.348. The fourth-order valence-corrected chi connectivity index (χ4v) is 3.42. The molecule has 1 aliphatic heterocycles. The third-order valence-corrected chi connectivity index (χ3v) is 5.41. The summed E-state index contributed by atoms with van der Waals surface area (Å²) in [7, 11) is 3.84. The third kappa shape index (κ3) is 3.26. The van der Waals surface area contributed by atoms with Crippen LogP contribution >= 0.6 is 0 Å². The lowest BCUT2D eigenvalue weighted by Crippen LogP contribution is -2.42. The average molecular weight is 348 g/mol. The largest absolute Gasteiger partial charge is 0.496 e. The van der Waals surface area contributed by atoms with E-state index in [1.165, 1.54) is 28.0 Å². The zero-order chi connectivity index (χ0) is 19.1. The van der Waals surface area contributed by atoms with Crippen LogP contribution in [0.15, 0.2) is 41.4 Å². The van der Waals surface area contributed by atoms with Crippen LogP contribution in [0.1, 0.15) is 43.0 Å². The lowest BCUT2D eigenvalue weighted by atomic mass is 9.88. The number of rotatable bonds is 3. The van der Waals surface area contributed by atoms with Crippen molar-refractivity contribution in [2.75, 3.05) is 19.1 Å². The maximum atomic E-state index is 5.66. The SMILES string of the molecule is COc1cc2c(cc1C=Nc1ccc(C)c(C)c1)C(C)=CC(C)(C)N2C. The van der Waals surface area contributed by atoms with Gasteiger partial charge >= 0.3 is 0 Å². The number of fused-ring (bicyclic) bond motifs is 1. The Balaban J connectivity index is 2.05. The van der Waals surface area contributed by atoms with E-state index < -0.39 is 0 Å². The summed E-state index contributed by atoms with van der Waals surface area (Å²) in [6.45, 7) is 10.8. The monoisotopic (exact) mass is 348 g/mol. The third-order valence-electron chi connectivity index (χ3n) is 5.41. The van der Waals surface area contributed by atoms with Gasteiger partial charge in [0.25, 0.3) is 0 Å². The average Bonchev–Trinajstić information content (AvgIpc) is 2.60. The van der Waals surface area contributed by atoms with E-state index in [2.05, 4.69) is 81.9 Å². The Morgan fingerprint density at radius 1 is 1.04 bits per heavy atom. The highest BCUT2D eigenvalue weighted by molar-refractivity contribution is 5.91. The number of hydrogen-bond donors (Lipinski definition) is 0. The number of hydrogen-bond acceptors (Lipinski definition) is 3. The molecule has 136 valence electrons. The van der Waals surface area contributed by atoms with E-state index in [4.69, 9.17) is 4.74 Å². The van der Waals surface area contributed by atoms with E-state index in [9.17, 15) is 0 Å². The van der Waals surface area contributed by atoms with Crippen molar-refractivity contribution in [1.82, 2.24) is 0 Å². The van der Waals surface area contributed by atoms with Crippen LogP contribution in [0.4, 0.5) is 11.4 Å². The first-order chi connectivity index (χ1) is 12.2. The number of ether oxygens (including phenoxy) is 1. The van der Waals surface area contributed by atoms with Gasteiger partial charge in [-0.15, -0.1) is 0 Å². The van der Waals surface area contributed by atoms with Gasteiger partial charge in [-0.3, -0.25) is 4.99 Å². The quantitative estimate of drug-likeness (QED) is 0.665. The summed E-state index contributed by atoms with van der Waals surface area (Å²) in [4.78, 5) is 6.96. The van der Waals surface area contributed by atoms with E-state index in [0.29, 0.717) is 0 Å². The molecule has 3 heteroatoms. The van der Waals surface area contributed by atoms with Crippen LogP contribution in [0.25, 0.3) is 5.57 Å². The summed E-state index contributed by atoms with van der Waals surface area (Å²) >= 11 is 0. The van der Waals surface area contributed by atoms with Gasteiger partial charge in [-0.2, -0.15) is 0 Å². The van der Waals surface area contributed by atoms with E-state index in [-0.39, 0.29) is 5.54 Å². The Labute approximate surface area is 157 Å². The van der Waals surface area contributed by atoms with Gasteiger partial charge in [-0.25, -0.2) is 0 Å².